The molecule has 1 aliphatic heterocycles. The third-order valence-corrected chi connectivity index (χ3v) is 3.71. The van der Waals surface area contributed by atoms with E-state index in [1.807, 2.05) is 0 Å². The molecule has 1 fully saturated rings. The van der Waals surface area contributed by atoms with Gasteiger partial charge in [0.15, 0.2) is 0 Å². The topological polar surface area (TPSA) is 3.24 Å². The van der Waals surface area contributed by atoms with Crippen LogP contribution in [0.15, 0.2) is 0 Å². The van der Waals surface area contributed by atoms with Crippen LogP contribution in [0.1, 0.15) is 65.7 Å². The Morgan fingerprint density at radius 3 is 2.57 bits per heavy atom. The molecule has 1 heterocycles. The van der Waals surface area contributed by atoms with Crippen molar-refractivity contribution in [3.05, 3.63) is 0 Å². The Morgan fingerprint density at radius 1 is 1.21 bits per heavy atom. The van der Waals surface area contributed by atoms with E-state index in [1.54, 1.807) is 0 Å². The summed E-state index contributed by atoms with van der Waals surface area (Å²) < 4.78 is 0. The van der Waals surface area contributed by atoms with Crippen LogP contribution in [0.4, 0.5) is 0 Å². The molecule has 1 heteroatoms. The highest BCUT2D eigenvalue weighted by Crippen LogP contribution is 2.24. The van der Waals surface area contributed by atoms with E-state index < -0.39 is 0 Å². The summed E-state index contributed by atoms with van der Waals surface area (Å²) in [7, 11) is 0. The van der Waals surface area contributed by atoms with E-state index in [0.717, 1.165) is 12.1 Å². The number of rotatable bonds is 5. The molecule has 0 N–H and O–H groups in total. The van der Waals surface area contributed by atoms with Gasteiger partial charge in [-0.15, -0.1) is 0 Å². The maximum atomic E-state index is 2.80. The molecule has 1 saturated heterocycles. The lowest BCUT2D eigenvalue weighted by Gasteiger charge is -2.40. The highest BCUT2D eigenvalue weighted by molar-refractivity contribution is 4.81. The van der Waals surface area contributed by atoms with Gasteiger partial charge >= 0.3 is 0 Å². The minimum absolute atomic E-state index is 0.866. The molecule has 0 aromatic carbocycles. The molecular formula is C13H27N. The summed E-state index contributed by atoms with van der Waals surface area (Å²) in [6.45, 7) is 8.37. The first-order chi connectivity index (χ1) is 6.83. The van der Waals surface area contributed by atoms with Crippen molar-refractivity contribution >= 4 is 0 Å². The number of hydrogen-bond donors (Lipinski definition) is 0. The predicted molar refractivity (Wildman–Crippen MR) is 63.6 cm³/mol. The summed E-state index contributed by atoms with van der Waals surface area (Å²) >= 11 is 0. The SMILES string of the molecule is CCCC(CC)N1CCCCC1CC. The summed E-state index contributed by atoms with van der Waals surface area (Å²) in [5.41, 5.74) is 0. The van der Waals surface area contributed by atoms with Gasteiger partial charge in [0, 0.05) is 12.1 Å². The standard InChI is InChI=1S/C13H27N/c1-4-9-12(5-2)14-11-8-7-10-13(14)6-3/h12-13H,4-11H2,1-3H3. The van der Waals surface area contributed by atoms with Gasteiger partial charge in [-0.05, 0) is 38.6 Å². The molecular weight excluding hydrogens is 170 g/mol. The predicted octanol–water partition coefficient (Wildman–Crippen LogP) is 3.83. The summed E-state index contributed by atoms with van der Waals surface area (Å²) in [5.74, 6) is 0. The molecule has 0 bridgehead atoms. The molecule has 2 unspecified atom stereocenters. The number of piperidine rings is 1. The molecule has 84 valence electrons. The lowest BCUT2D eigenvalue weighted by atomic mass is 9.95. The zero-order valence-corrected chi connectivity index (χ0v) is 10.3. The zero-order valence-electron chi connectivity index (χ0n) is 10.3. The average molecular weight is 197 g/mol. The smallest absolute Gasteiger partial charge is 0.00955 e. The van der Waals surface area contributed by atoms with Gasteiger partial charge < -0.3 is 0 Å². The van der Waals surface area contributed by atoms with Crippen molar-refractivity contribution in [2.75, 3.05) is 6.54 Å². The maximum absolute atomic E-state index is 2.80. The van der Waals surface area contributed by atoms with E-state index in [9.17, 15) is 0 Å². The third-order valence-electron chi connectivity index (χ3n) is 3.71. The molecule has 1 nitrogen and oxygen atoms in total. The summed E-state index contributed by atoms with van der Waals surface area (Å²) in [6.07, 6.45) is 9.74. The Kier molecular flexibility index (Phi) is 5.54. The van der Waals surface area contributed by atoms with E-state index in [4.69, 9.17) is 0 Å². The summed E-state index contributed by atoms with van der Waals surface area (Å²) in [6, 6.07) is 1.76. The van der Waals surface area contributed by atoms with Gasteiger partial charge in [0.1, 0.15) is 0 Å². The molecule has 2 atom stereocenters. The van der Waals surface area contributed by atoms with Gasteiger partial charge in [-0.1, -0.05) is 33.6 Å². The van der Waals surface area contributed by atoms with E-state index in [0.29, 0.717) is 0 Å². The van der Waals surface area contributed by atoms with Crippen molar-refractivity contribution in [2.24, 2.45) is 0 Å². The molecule has 0 amide bonds. The number of hydrogen-bond acceptors (Lipinski definition) is 1. The molecule has 0 spiro atoms. The first-order valence-electron chi connectivity index (χ1n) is 6.59. The second-order valence-corrected chi connectivity index (χ2v) is 4.65. The monoisotopic (exact) mass is 197 g/mol. The molecule has 14 heavy (non-hydrogen) atoms. The van der Waals surface area contributed by atoms with Crippen LogP contribution in [0, 0.1) is 0 Å². The van der Waals surface area contributed by atoms with Crippen LogP contribution in [0.2, 0.25) is 0 Å². The fourth-order valence-electron chi connectivity index (χ4n) is 2.88. The van der Waals surface area contributed by atoms with Gasteiger partial charge in [0.2, 0.25) is 0 Å². The molecule has 0 aliphatic carbocycles. The maximum Gasteiger partial charge on any atom is 0.00955 e. The highest BCUT2D eigenvalue weighted by atomic mass is 15.2. The lowest BCUT2D eigenvalue weighted by molar-refractivity contribution is 0.0837. The van der Waals surface area contributed by atoms with E-state index in [-0.39, 0.29) is 0 Å². The van der Waals surface area contributed by atoms with Crippen LogP contribution in [-0.4, -0.2) is 23.5 Å². The number of likely N-dealkylation sites (tertiary alicyclic amines) is 1. The van der Waals surface area contributed by atoms with Gasteiger partial charge in [0.25, 0.3) is 0 Å². The van der Waals surface area contributed by atoms with Crippen molar-refractivity contribution in [1.82, 2.24) is 4.90 Å². The molecule has 1 aliphatic rings. The fraction of sp³-hybridized carbons (Fsp3) is 1.00. The van der Waals surface area contributed by atoms with Crippen LogP contribution in [0.25, 0.3) is 0 Å². The van der Waals surface area contributed by atoms with Crippen molar-refractivity contribution in [3.8, 4) is 0 Å². The first-order valence-corrected chi connectivity index (χ1v) is 6.59. The average Bonchev–Trinajstić information content (AvgIpc) is 2.26. The second-order valence-electron chi connectivity index (χ2n) is 4.65. The van der Waals surface area contributed by atoms with E-state index >= 15 is 0 Å². The normalized spacial score (nSPS) is 26.4. The Labute approximate surface area is 89.9 Å². The molecule has 0 radical (unpaired) electrons. The fourth-order valence-corrected chi connectivity index (χ4v) is 2.88. The quantitative estimate of drug-likeness (QED) is 0.647. The van der Waals surface area contributed by atoms with Crippen molar-refractivity contribution in [2.45, 2.75) is 77.8 Å². The lowest BCUT2D eigenvalue weighted by Crippen LogP contribution is -2.45. The van der Waals surface area contributed by atoms with Crippen LogP contribution < -0.4 is 0 Å². The molecule has 0 saturated carbocycles. The van der Waals surface area contributed by atoms with Crippen molar-refractivity contribution in [3.63, 3.8) is 0 Å². The van der Waals surface area contributed by atoms with Gasteiger partial charge in [-0.2, -0.15) is 0 Å². The van der Waals surface area contributed by atoms with Crippen LogP contribution in [0.5, 0.6) is 0 Å². The zero-order chi connectivity index (χ0) is 10.4. The Morgan fingerprint density at radius 2 is 2.00 bits per heavy atom. The van der Waals surface area contributed by atoms with Gasteiger partial charge in [0.05, 0.1) is 0 Å². The highest BCUT2D eigenvalue weighted by Gasteiger charge is 2.25. The van der Waals surface area contributed by atoms with Crippen LogP contribution in [0.3, 0.4) is 0 Å². The molecule has 0 aromatic heterocycles. The largest absolute Gasteiger partial charge is 0.297 e. The summed E-state index contributed by atoms with van der Waals surface area (Å²) in [5, 5.41) is 0. The van der Waals surface area contributed by atoms with Crippen molar-refractivity contribution < 1.29 is 0 Å². The Balaban J connectivity index is 2.51. The number of nitrogens with zero attached hydrogens (tertiary/aromatic N) is 1. The van der Waals surface area contributed by atoms with Crippen LogP contribution >= 0.6 is 0 Å². The van der Waals surface area contributed by atoms with E-state index in [2.05, 4.69) is 25.7 Å². The Hall–Kier alpha value is -0.0400. The molecule has 1 rings (SSSR count). The second kappa shape index (κ2) is 6.44. The first kappa shape index (κ1) is 12.0. The third kappa shape index (κ3) is 2.98. The van der Waals surface area contributed by atoms with Crippen molar-refractivity contribution in [1.29, 1.82) is 0 Å². The van der Waals surface area contributed by atoms with E-state index in [1.165, 1.54) is 51.5 Å². The Bertz CT molecular complexity index is 144. The van der Waals surface area contributed by atoms with Gasteiger partial charge in [-0.25, -0.2) is 0 Å². The molecule has 0 aromatic rings. The summed E-state index contributed by atoms with van der Waals surface area (Å²) in [4.78, 5) is 2.80. The minimum atomic E-state index is 0.866. The van der Waals surface area contributed by atoms with Gasteiger partial charge in [-0.3, -0.25) is 4.90 Å². The minimum Gasteiger partial charge on any atom is -0.297 e. The van der Waals surface area contributed by atoms with Crippen LogP contribution in [-0.2, 0) is 0 Å².